The summed E-state index contributed by atoms with van der Waals surface area (Å²) >= 11 is 1.35. The summed E-state index contributed by atoms with van der Waals surface area (Å²) in [5.41, 5.74) is 2.51. The van der Waals surface area contributed by atoms with Gasteiger partial charge in [-0.2, -0.15) is 10.5 Å². The molecule has 0 spiro atoms. The zero-order valence-electron chi connectivity index (χ0n) is 17.0. The van der Waals surface area contributed by atoms with Gasteiger partial charge >= 0.3 is 0 Å². The second kappa shape index (κ2) is 12.6. The van der Waals surface area contributed by atoms with Crippen LogP contribution in [0, 0.1) is 22.7 Å². The van der Waals surface area contributed by atoms with E-state index in [1.54, 1.807) is 36.8 Å². The average Bonchev–Trinajstić information content (AvgIpc) is 3.35. The van der Waals surface area contributed by atoms with Crippen LogP contribution in [0.2, 0.25) is 0 Å². The average molecular weight is 453 g/mol. The quantitative estimate of drug-likeness (QED) is 0.341. The van der Waals surface area contributed by atoms with Gasteiger partial charge in [0.1, 0.15) is 35.1 Å². The summed E-state index contributed by atoms with van der Waals surface area (Å²) in [5.74, 6) is 1.27. The van der Waals surface area contributed by atoms with E-state index in [0.717, 1.165) is 5.69 Å². The van der Waals surface area contributed by atoms with Crippen LogP contribution >= 0.6 is 11.8 Å². The number of carbonyl (C=O) groups is 1. The Hall–Kier alpha value is -4.06. The summed E-state index contributed by atoms with van der Waals surface area (Å²) < 4.78 is 10.7. The first-order valence-corrected chi connectivity index (χ1v) is 10.1. The number of aromatic nitrogens is 3. The molecule has 0 fully saturated rings. The Morgan fingerprint density at radius 3 is 2.44 bits per heavy atom. The topological polar surface area (TPSA) is 165 Å². The monoisotopic (exact) mass is 453 g/mol. The number of pyridine rings is 1. The third kappa shape index (κ3) is 5.98. The van der Waals surface area contributed by atoms with Gasteiger partial charge in [-0.15, -0.1) is 0 Å². The van der Waals surface area contributed by atoms with Gasteiger partial charge in [-0.1, -0.05) is 23.9 Å². The van der Waals surface area contributed by atoms with E-state index in [4.69, 9.17) is 24.5 Å². The molecule has 0 aliphatic rings. The highest BCUT2D eigenvalue weighted by Crippen LogP contribution is 2.38. The lowest BCUT2D eigenvalue weighted by Crippen LogP contribution is -2.03. The van der Waals surface area contributed by atoms with Crippen LogP contribution in [-0.4, -0.2) is 52.0 Å². The van der Waals surface area contributed by atoms with Crippen LogP contribution in [0.25, 0.3) is 11.1 Å². The lowest BCUT2D eigenvalue weighted by atomic mass is 9.97. The summed E-state index contributed by atoms with van der Waals surface area (Å²) in [4.78, 5) is 19.7. The molecule has 2 heterocycles. The van der Waals surface area contributed by atoms with E-state index >= 15 is 0 Å². The van der Waals surface area contributed by atoms with E-state index in [-0.39, 0.29) is 31.1 Å². The molecule has 1 aromatic carbocycles. The second-order valence-electron chi connectivity index (χ2n) is 5.84. The fourth-order valence-electron chi connectivity index (χ4n) is 2.68. The van der Waals surface area contributed by atoms with Crippen molar-refractivity contribution in [1.82, 2.24) is 15.0 Å². The van der Waals surface area contributed by atoms with Crippen molar-refractivity contribution in [1.29, 1.82) is 10.5 Å². The third-order valence-corrected chi connectivity index (χ3v) is 4.99. The minimum absolute atomic E-state index is 0.0859. The highest BCUT2D eigenvalue weighted by Gasteiger charge is 2.22. The molecular formula is C21H19N5O5S. The van der Waals surface area contributed by atoms with Crippen molar-refractivity contribution in [2.75, 3.05) is 20.3 Å². The van der Waals surface area contributed by atoms with E-state index < -0.39 is 0 Å². The maximum Gasteiger partial charge on any atom is 0.290 e. The molecule has 0 bridgehead atoms. The molecule has 10 nitrogen and oxygen atoms in total. The first-order valence-electron chi connectivity index (χ1n) is 9.07. The zero-order valence-corrected chi connectivity index (χ0v) is 17.8. The fourth-order valence-corrected chi connectivity index (χ4v) is 3.57. The Morgan fingerprint density at radius 2 is 1.91 bits per heavy atom. The largest absolute Gasteiger partial charge is 0.491 e. The van der Waals surface area contributed by atoms with Gasteiger partial charge in [0.15, 0.2) is 0 Å². The third-order valence-electron chi connectivity index (χ3n) is 3.97. The van der Waals surface area contributed by atoms with Gasteiger partial charge in [-0.3, -0.25) is 4.79 Å². The van der Waals surface area contributed by atoms with E-state index in [1.807, 2.05) is 0 Å². The molecule has 0 unspecified atom stereocenters. The SMILES string of the molecule is COc1nc(SCc2cnc[nH]2)c(C#N)c(-c2ccc(OCCO)cc2)c1C#N.O=CO. The molecule has 11 heteroatoms. The highest BCUT2D eigenvalue weighted by atomic mass is 32.2. The number of carboxylic acid groups (broad SMARTS) is 1. The molecule has 3 rings (SSSR count). The lowest BCUT2D eigenvalue weighted by Gasteiger charge is -2.14. The Morgan fingerprint density at radius 1 is 1.22 bits per heavy atom. The van der Waals surface area contributed by atoms with Crippen LogP contribution in [0.3, 0.4) is 0 Å². The molecule has 0 saturated heterocycles. The normalized spacial score (nSPS) is 9.62. The van der Waals surface area contributed by atoms with Crippen molar-refractivity contribution in [2.24, 2.45) is 0 Å². The van der Waals surface area contributed by atoms with E-state index in [1.165, 1.54) is 18.9 Å². The Bertz CT molecular complexity index is 1110. The molecule has 2 aromatic heterocycles. The van der Waals surface area contributed by atoms with Crippen LogP contribution in [0.4, 0.5) is 0 Å². The number of nitrogens with one attached hydrogen (secondary N) is 1. The highest BCUT2D eigenvalue weighted by molar-refractivity contribution is 7.98. The molecule has 3 aromatic rings. The minimum Gasteiger partial charge on any atom is -0.491 e. The molecule has 0 radical (unpaired) electrons. The molecular weight excluding hydrogens is 434 g/mol. The van der Waals surface area contributed by atoms with Gasteiger partial charge < -0.3 is 24.7 Å². The van der Waals surface area contributed by atoms with Gasteiger partial charge in [0.2, 0.25) is 5.88 Å². The van der Waals surface area contributed by atoms with E-state index in [9.17, 15) is 10.5 Å². The second-order valence-corrected chi connectivity index (χ2v) is 6.81. The lowest BCUT2D eigenvalue weighted by molar-refractivity contribution is -0.122. The number of thioether (sulfide) groups is 1. The van der Waals surface area contributed by atoms with Gasteiger partial charge in [0.25, 0.3) is 6.47 Å². The van der Waals surface area contributed by atoms with Gasteiger partial charge in [0, 0.05) is 23.2 Å². The van der Waals surface area contributed by atoms with Crippen molar-refractivity contribution >= 4 is 18.2 Å². The maximum absolute atomic E-state index is 9.85. The molecule has 0 amide bonds. The first-order chi connectivity index (χ1) is 15.6. The van der Waals surface area contributed by atoms with E-state index in [2.05, 4.69) is 27.1 Å². The van der Waals surface area contributed by atoms with Crippen LogP contribution in [0.1, 0.15) is 16.8 Å². The molecule has 3 N–H and O–H groups in total. The number of rotatable bonds is 8. The van der Waals surface area contributed by atoms with Crippen molar-refractivity contribution in [3.8, 4) is 34.9 Å². The number of imidazole rings is 1. The Kier molecular flexibility index (Phi) is 9.53. The smallest absolute Gasteiger partial charge is 0.290 e. The summed E-state index contributed by atoms with van der Waals surface area (Å²) in [6.07, 6.45) is 3.28. The first kappa shape index (κ1) is 24.2. The summed E-state index contributed by atoms with van der Waals surface area (Å²) in [6, 6.07) is 11.2. The number of nitrogens with zero attached hydrogens (tertiary/aromatic N) is 4. The number of aliphatic hydroxyl groups is 1. The number of aliphatic hydroxyl groups excluding tert-OH is 1. The molecule has 0 atom stereocenters. The number of hydrogen-bond acceptors (Lipinski definition) is 9. The molecule has 0 aliphatic carbocycles. The number of H-pyrrole nitrogens is 1. The van der Waals surface area contributed by atoms with Crippen molar-refractivity contribution < 1.29 is 24.5 Å². The standard InChI is InChI=1S/C20H17N5O3S.CH2O2/c1-27-19-16(8-21)18(13-2-4-15(5-3-13)28-7-6-26)17(9-22)20(25-19)29-11-14-10-23-12-24-14;2-1-3/h2-5,10,12,26H,6-7,11H2,1H3,(H,23,24);1H,(H,2,3). The minimum atomic E-state index is -0.250. The van der Waals surface area contributed by atoms with Crippen LogP contribution in [0.5, 0.6) is 11.6 Å². The zero-order chi connectivity index (χ0) is 23.3. The number of aromatic amines is 1. The van der Waals surface area contributed by atoms with Gasteiger partial charge in [-0.05, 0) is 17.7 Å². The Labute approximate surface area is 188 Å². The number of methoxy groups -OCH3 is 1. The fraction of sp³-hybridized carbons (Fsp3) is 0.190. The summed E-state index contributed by atoms with van der Waals surface area (Å²) in [7, 11) is 1.44. The number of benzene rings is 1. The van der Waals surface area contributed by atoms with Gasteiger partial charge in [0.05, 0.1) is 25.6 Å². The van der Waals surface area contributed by atoms with Crippen molar-refractivity contribution in [2.45, 2.75) is 10.8 Å². The molecule has 164 valence electrons. The molecule has 0 saturated carbocycles. The number of ether oxygens (including phenoxy) is 2. The summed E-state index contributed by atoms with van der Waals surface area (Å²) in [5, 5.41) is 35.8. The van der Waals surface area contributed by atoms with Crippen molar-refractivity contribution in [3.05, 3.63) is 53.6 Å². The molecule has 32 heavy (non-hydrogen) atoms. The predicted octanol–water partition coefficient (Wildman–Crippen LogP) is 2.59. The maximum atomic E-state index is 9.85. The van der Waals surface area contributed by atoms with Gasteiger partial charge in [-0.25, -0.2) is 9.97 Å². The molecule has 0 aliphatic heterocycles. The summed E-state index contributed by atoms with van der Waals surface area (Å²) in [6.45, 7) is -0.152. The van der Waals surface area contributed by atoms with Crippen LogP contribution in [-0.2, 0) is 10.5 Å². The van der Waals surface area contributed by atoms with Crippen LogP contribution in [0.15, 0.2) is 41.8 Å². The van der Waals surface area contributed by atoms with Crippen LogP contribution < -0.4 is 9.47 Å². The van der Waals surface area contributed by atoms with E-state index in [0.29, 0.717) is 33.2 Å². The predicted molar refractivity (Wildman–Crippen MR) is 115 cm³/mol. The number of hydrogen-bond donors (Lipinski definition) is 3. The number of nitriles is 2. The van der Waals surface area contributed by atoms with Crippen molar-refractivity contribution in [3.63, 3.8) is 0 Å². The Balaban J connectivity index is 0.00000114.